The van der Waals surface area contributed by atoms with Crippen LogP contribution in [0.25, 0.3) is 0 Å². The van der Waals surface area contributed by atoms with Gasteiger partial charge < -0.3 is 5.32 Å². The SMILES string of the molecule is Cc1csc(=O)n1CC(=O)NCC(C)C. The molecule has 0 saturated carbocycles. The third-order valence-electron chi connectivity index (χ3n) is 1.99. The molecule has 84 valence electrons. The summed E-state index contributed by atoms with van der Waals surface area (Å²) in [6.07, 6.45) is 0. The van der Waals surface area contributed by atoms with Gasteiger partial charge in [-0.05, 0) is 12.8 Å². The number of carbonyl (C=O) groups is 1. The van der Waals surface area contributed by atoms with Crippen LogP contribution in [0.4, 0.5) is 0 Å². The van der Waals surface area contributed by atoms with Gasteiger partial charge in [-0.2, -0.15) is 0 Å². The zero-order valence-corrected chi connectivity index (χ0v) is 10.1. The monoisotopic (exact) mass is 228 g/mol. The maximum absolute atomic E-state index is 11.5. The number of amides is 1. The van der Waals surface area contributed by atoms with Crippen LogP contribution in [-0.4, -0.2) is 17.0 Å². The Labute approximate surface area is 92.9 Å². The highest BCUT2D eigenvalue weighted by Crippen LogP contribution is 1.98. The minimum atomic E-state index is -0.104. The molecule has 0 unspecified atom stereocenters. The molecular weight excluding hydrogens is 212 g/mol. The molecule has 0 fully saturated rings. The van der Waals surface area contributed by atoms with Crippen LogP contribution in [0.3, 0.4) is 0 Å². The van der Waals surface area contributed by atoms with E-state index >= 15 is 0 Å². The van der Waals surface area contributed by atoms with Crippen molar-refractivity contribution in [2.75, 3.05) is 6.54 Å². The summed E-state index contributed by atoms with van der Waals surface area (Å²) in [7, 11) is 0. The molecule has 0 aliphatic carbocycles. The molecule has 0 aliphatic rings. The maximum atomic E-state index is 11.5. The second-order valence-electron chi connectivity index (χ2n) is 3.93. The Hall–Kier alpha value is -1.10. The average molecular weight is 228 g/mol. The van der Waals surface area contributed by atoms with Gasteiger partial charge in [0.15, 0.2) is 0 Å². The van der Waals surface area contributed by atoms with E-state index in [9.17, 15) is 9.59 Å². The van der Waals surface area contributed by atoms with Crippen LogP contribution < -0.4 is 10.2 Å². The molecule has 1 aromatic rings. The van der Waals surface area contributed by atoms with Crippen LogP contribution in [0.5, 0.6) is 0 Å². The van der Waals surface area contributed by atoms with Crippen molar-refractivity contribution in [3.63, 3.8) is 0 Å². The summed E-state index contributed by atoms with van der Waals surface area (Å²) in [6.45, 7) is 6.66. The van der Waals surface area contributed by atoms with E-state index in [0.29, 0.717) is 12.5 Å². The van der Waals surface area contributed by atoms with Crippen LogP contribution in [-0.2, 0) is 11.3 Å². The van der Waals surface area contributed by atoms with Gasteiger partial charge in [-0.3, -0.25) is 14.2 Å². The van der Waals surface area contributed by atoms with Crippen molar-refractivity contribution in [2.45, 2.75) is 27.3 Å². The number of nitrogens with zero attached hydrogens (tertiary/aromatic N) is 1. The molecule has 1 rings (SSSR count). The summed E-state index contributed by atoms with van der Waals surface area (Å²) in [5, 5.41) is 4.54. The first-order valence-corrected chi connectivity index (χ1v) is 5.80. The van der Waals surface area contributed by atoms with Crippen molar-refractivity contribution in [2.24, 2.45) is 5.92 Å². The highest BCUT2D eigenvalue weighted by atomic mass is 32.1. The Kier molecular flexibility index (Phi) is 4.08. The van der Waals surface area contributed by atoms with Crippen LogP contribution in [0.15, 0.2) is 10.2 Å². The minimum absolute atomic E-state index is 0.0767. The Morgan fingerprint density at radius 2 is 2.27 bits per heavy atom. The van der Waals surface area contributed by atoms with E-state index in [1.165, 1.54) is 4.57 Å². The van der Waals surface area contributed by atoms with E-state index in [1.54, 1.807) is 5.38 Å². The van der Waals surface area contributed by atoms with Gasteiger partial charge in [0.25, 0.3) is 0 Å². The fraction of sp³-hybridized carbons (Fsp3) is 0.600. The molecule has 15 heavy (non-hydrogen) atoms. The number of carbonyl (C=O) groups excluding carboxylic acids is 1. The zero-order valence-electron chi connectivity index (χ0n) is 9.24. The second kappa shape index (κ2) is 5.11. The van der Waals surface area contributed by atoms with Gasteiger partial charge in [-0.25, -0.2) is 0 Å². The first-order valence-electron chi connectivity index (χ1n) is 4.92. The Morgan fingerprint density at radius 1 is 1.60 bits per heavy atom. The van der Waals surface area contributed by atoms with E-state index in [1.807, 2.05) is 20.8 Å². The third-order valence-corrected chi connectivity index (χ3v) is 2.87. The summed E-state index contributed by atoms with van der Waals surface area (Å²) < 4.78 is 1.49. The zero-order chi connectivity index (χ0) is 11.4. The maximum Gasteiger partial charge on any atom is 0.307 e. The molecule has 1 aromatic heterocycles. The highest BCUT2D eigenvalue weighted by molar-refractivity contribution is 7.07. The van der Waals surface area contributed by atoms with Crippen LogP contribution in [0.1, 0.15) is 19.5 Å². The smallest absolute Gasteiger partial charge is 0.307 e. The number of thiazole rings is 1. The van der Waals surface area contributed by atoms with Crippen molar-refractivity contribution >= 4 is 17.2 Å². The standard InChI is InChI=1S/C10H16N2O2S/c1-7(2)4-11-9(13)5-12-8(3)6-15-10(12)14/h6-7H,4-5H2,1-3H3,(H,11,13). The van der Waals surface area contributed by atoms with Gasteiger partial charge in [0, 0.05) is 17.6 Å². The number of rotatable bonds is 4. The summed E-state index contributed by atoms with van der Waals surface area (Å²) in [5.41, 5.74) is 0.838. The second-order valence-corrected chi connectivity index (χ2v) is 4.75. The molecule has 1 N–H and O–H groups in total. The highest BCUT2D eigenvalue weighted by Gasteiger charge is 2.08. The van der Waals surface area contributed by atoms with Gasteiger partial charge in [-0.1, -0.05) is 25.2 Å². The lowest BCUT2D eigenvalue weighted by atomic mass is 10.2. The predicted molar refractivity (Wildman–Crippen MR) is 61.2 cm³/mol. The van der Waals surface area contributed by atoms with Gasteiger partial charge in [0.2, 0.25) is 5.91 Å². The number of aromatic nitrogens is 1. The van der Waals surface area contributed by atoms with E-state index < -0.39 is 0 Å². The Bertz CT molecular complexity index is 392. The van der Waals surface area contributed by atoms with Gasteiger partial charge in [-0.15, -0.1) is 0 Å². The Balaban J connectivity index is 2.55. The number of hydrogen-bond acceptors (Lipinski definition) is 3. The van der Waals surface area contributed by atoms with E-state index in [4.69, 9.17) is 0 Å². The molecule has 4 nitrogen and oxygen atoms in total. The molecule has 1 heterocycles. The van der Waals surface area contributed by atoms with Crippen LogP contribution >= 0.6 is 11.3 Å². The van der Waals surface area contributed by atoms with Crippen molar-refractivity contribution in [1.29, 1.82) is 0 Å². The van der Waals surface area contributed by atoms with E-state index in [0.717, 1.165) is 17.0 Å². The van der Waals surface area contributed by atoms with Gasteiger partial charge in [0.1, 0.15) is 6.54 Å². The molecule has 0 aliphatic heterocycles. The summed E-state index contributed by atoms with van der Waals surface area (Å²) in [4.78, 5) is 22.7. The van der Waals surface area contributed by atoms with Crippen LogP contribution in [0, 0.1) is 12.8 Å². The van der Waals surface area contributed by atoms with E-state index in [2.05, 4.69) is 5.32 Å². The third kappa shape index (κ3) is 3.51. The fourth-order valence-electron chi connectivity index (χ4n) is 1.11. The van der Waals surface area contributed by atoms with Gasteiger partial charge in [0.05, 0.1) is 0 Å². The van der Waals surface area contributed by atoms with Crippen molar-refractivity contribution < 1.29 is 4.79 Å². The fourth-order valence-corrected chi connectivity index (χ4v) is 1.85. The predicted octanol–water partition coefficient (Wildman–Crippen LogP) is 0.990. The minimum Gasteiger partial charge on any atom is -0.354 e. The molecule has 0 bridgehead atoms. The van der Waals surface area contributed by atoms with Crippen molar-refractivity contribution in [3.8, 4) is 0 Å². The molecule has 0 spiro atoms. The van der Waals surface area contributed by atoms with E-state index in [-0.39, 0.29) is 17.3 Å². The molecule has 1 amide bonds. The summed E-state index contributed by atoms with van der Waals surface area (Å²) >= 11 is 1.12. The molecule has 5 heteroatoms. The molecular formula is C10H16N2O2S. The van der Waals surface area contributed by atoms with Crippen molar-refractivity contribution in [3.05, 3.63) is 20.7 Å². The lowest BCUT2D eigenvalue weighted by molar-refractivity contribution is -0.121. The molecule has 0 saturated heterocycles. The number of nitrogens with one attached hydrogen (secondary N) is 1. The van der Waals surface area contributed by atoms with Gasteiger partial charge >= 0.3 is 4.87 Å². The summed E-state index contributed by atoms with van der Waals surface area (Å²) in [5.74, 6) is 0.321. The van der Waals surface area contributed by atoms with Crippen LogP contribution in [0.2, 0.25) is 0 Å². The topological polar surface area (TPSA) is 51.1 Å². The number of aryl methyl sites for hydroxylation is 1. The quantitative estimate of drug-likeness (QED) is 0.835. The normalized spacial score (nSPS) is 10.7. The molecule has 0 radical (unpaired) electrons. The lowest BCUT2D eigenvalue weighted by Crippen LogP contribution is -2.33. The first-order chi connectivity index (χ1) is 7.00. The molecule has 0 atom stereocenters. The summed E-state index contributed by atoms with van der Waals surface area (Å²) in [6, 6.07) is 0. The first kappa shape index (κ1) is 12.0. The average Bonchev–Trinajstić information content (AvgIpc) is 2.46. The van der Waals surface area contributed by atoms with Crippen molar-refractivity contribution in [1.82, 2.24) is 9.88 Å². The molecule has 0 aromatic carbocycles. The lowest BCUT2D eigenvalue weighted by Gasteiger charge is -2.08. The Morgan fingerprint density at radius 3 is 2.73 bits per heavy atom. The number of hydrogen-bond donors (Lipinski definition) is 1. The largest absolute Gasteiger partial charge is 0.354 e.